The zero-order chi connectivity index (χ0) is 14.2. The van der Waals surface area contributed by atoms with Gasteiger partial charge < -0.3 is 14.5 Å². The van der Waals surface area contributed by atoms with Gasteiger partial charge in [0.1, 0.15) is 5.75 Å². The zero-order valence-corrected chi connectivity index (χ0v) is 11.6. The Bertz CT molecular complexity index is 517. The monoisotopic (exact) mass is 273 g/mol. The van der Waals surface area contributed by atoms with Gasteiger partial charge in [-0.15, -0.1) is 0 Å². The summed E-state index contributed by atoms with van der Waals surface area (Å²) in [7, 11) is 1.66. The predicted octanol–water partition coefficient (Wildman–Crippen LogP) is 3.04. The topological polar surface area (TPSA) is 51.5 Å². The van der Waals surface area contributed by atoms with E-state index in [9.17, 15) is 4.79 Å². The van der Waals surface area contributed by atoms with Crippen LogP contribution in [0.4, 0.5) is 0 Å². The van der Waals surface area contributed by atoms with Crippen LogP contribution in [0.2, 0.25) is 0 Å². The zero-order valence-electron chi connectivity index (χ0n) is 11.6. The molecule has 2 rings (SSSR count). The van der Waals surface area contributed by atoms with Crippen LogP contribution in [0.5, 0.6) is 5.75 Å². The maximum Gasteiger partial charge on any atom is 0.286 e. The lowest BCUT2D eigenvalue weighted by Gasteiger charge is -2.05. The van der Waals surface area contributed by atoms with Crippen LogP contribution in [-0.2, 0) is 6.42 Å². The van der Waals surface area contributed by atoms with Gasteiger partial charge in [0.15, 0.2) is 5.76 Å². The van der Waals surface area contributed by atoms with Crippen molar-refractivity contribution in [3.05, 3.63) is 54.0 Å². The molecule has 4 heteroatoms. The predicted molar refractivity (Wildman–Crippen MR) is 77.0 cm³/mol. The number of benzene rings is 1. The lowest BCUT2D eigenvalue weighted by atomic mass is 10.1. The fraction of sp³-hybridized carbons (Fsp3) is 0.312. The van der Waals surface area contributed by atoms with E-state index >= 15 is 0 Å². The van der Waals surface area contributed by atoms with Gasteiger partial charge in [0.05, 0.1) is 13.4 Å². The molecule has 0 fully saturated rings. The summed E-state index contributed by atoms with van der Waals surface area (Å²) in [6, 6.07) is 11.4. The number of unbranched alkanes of at least 4 members (excludes halogenated alkanes) is 1. The fourth-order valence-electron chi connectivity index (χ4n) is 1.94. The van der Waals surface area contributed by atoms with E-state index in [0.29, 0.717) is 12.3 Å². The Labute approximate surface area is 118 Å². The van der Waals surface area contributed by atoms with Crippen LogP contribution in [-0.4, -0.2) is 19.6 Å². The highest BCUT2D eigenvalue weighted by Crippen LogP contribution is 2.13. The molecule has 0 radical (unpaired) electrons. The van der Waals surface area contributed by atoms with Gasteiger partial charge in [-0.05, 0) is 49.1 Å². The lowest BCUT2D eigenvalue weighted by Crippen LogP contribution is -2.23. The molecule has 0 atom stereocenters. The van der Waals surface area contributed by atoms with Crippen LogP contribution in [0.1, 0.15) is 29.0 Å². The smallest absolute Gasteiger partial charge is 0.286 e. The normalized spacial score (nSPS) is 10.2. The lowest BCUT2D eigenvalue weighted by molar-refractivity contribution is 0.0925. The average molecular weight is 273 g/mol. The molecule has 1 aromatic heterocycles. The summed E-state index contributed by atoms with van der Waals surface area (Å²) in [5, 5.41) is 2.84. The van der Waals surface area contributed by atoms with Gasteiger partial charge in [0.25, 0.3) is 5.91 Å². The molecule has 0 aliphatic carbocycles. The minimum Gasteiger partial charge on any atom is -0.497 e. The molecular weight excluding hydrogens is 254 g/mol. The largest absolute Gasteiger partial charge is 0.497 e. The van der Waals surface area contributed by atoms with Crippen molar-refractivity contribution in [3.63, 3.8) is 0 Å². The number of carbonyl (C=O) groups is 1. The second-order valence-electron chi connectivity index (χ2n) is 4.54. The van der Waals surface area contributed by atoms with E-state index < -0.39 is 0 Å². The van der Waals surface area contributed by atoms with E-state index in [1.165, 1.54) is 11.8 Å². The summed E-state index contributed by atoms with van der Waals surface area (Å²) >= 11 is 0. The SMILES string of the molecule is COc1ccc(CCCCNC(=O)c2ccco2)cc1. The first-order valence-corrected chi connectivity index (χ1v) is 6.74. The molecule has 0 unspecified atom stereocenters. The Balaban J connectivity index is 1.62. The number of ether oxygens (including phenoxy) is 1. The van der Waals surface area contributed by atoms with Gasteiger partial charge in [0.2, 0.25) is 0 Å². The van der Waals surface area contributed by atoms with Gasteiger partial charge in [-0.2, -0.15) is 0 Å². The Morgan fingerprint density at radius 2 is 2.00 bits per heavy atom. The number of rotatable bonds is 7. The van der Waals surface area contributed by atoms with E-state index in [1.54, 1.807) is 19.2 Å². The molecular formula is C16H19NO3. The molecule has 4 nitrogen and oxygen atoms in total. The van der Waals surface area contributed by atoms with Gasteiger partial charge in [-0.1, -0.05) is 12.1 Å². The molecule has 0 aliphatic rings. The number of furan rings is 1. The molecule has 1 N–H and O–H groups in total. The van der Waals surface area contributed by atoms with Crippen molar-refractivity contribution in [1.82, 2.24) is 5.32 Å². The molecule has 0 saturated heterocycles. The maximum absolute atomic E-state index is 11.6. The van der Waals surface area contributed by atoms with Gasteiger partial charge >= 0.3 is 0 Å². The van der Waals surface area contributed by atoms with Gasteiger partial charge in [0, 0.05) is 6.54 Å². The number of amides is 1. The van der Waals surface area contributed by atoms with Crippen molar-refractivity contribution >= 4 is 5.91 Å². The molecule has 0 bridgehead atoms. The molecule has 1 amide bonds. The van der Waals surface area contributed by atoms with Crippen molar-refractivity contribution in [3.8, 4) is 5.75 Å². The number of carbonyl (C=O) groups excluding carboxylic acids is 1. The minimum absolute atomic E-state index is 0.153. The van der Waals surface area contributed by atoms with Crippen LogP contribution in [0.25, 0.3) is 0 Å². The third kappa shape index (κ3) is 4.16. The number of hydrogen-bond donors (Lipinski definition) is 1. The Hall–Kier alpha value is -2.23. The van der Waals surface area contributed by atoms with Crippen molar-refractivity contribution in [2.75, 3.05) is 13.7 Å². The fourth-order valence-corrected chi connectivity index (χ4v) is 1.94. The second-order valence-corrected chi connectivity index (χ2v) is 4.54. The van der Waals surface area contributed by atoms with E-state index in [2.05, 4.69) is 17.4 Å². The molecule has 20 heavy (non-hydrogen) atoms. The maximum atomic E-state index is 11.6. The van der Waals surface area contributed by atoms with Crippen LogP contribution >= 0.6 is 0 Å². The summed E-state index contributed by atoms with van der Waals surface area (Å²) in [5.41, 5.74) is 1.28. The van der Waals surface area contributed by atoms with Crippen LogP contribution in [0.15, 0.2) is 47.1 Å². The number of hydrogen-bond acceptors (Lipinski definition) is 3. The van der Waals surface area contributed by atoms with Crippen LogP contribution < -0.4 is 10.1 Å². The number of aryl methyl sites for hydroxylation is 1. The highest BCUT2D eigenvalue weighted by atomic mass is 16.5. The summed E-state index contributed by atoms with van der Waals surface area (Å²) in [4.78, 5) is 11.6. The molecule has 106 valence electrons. The molecule has 0 spiro atoms. The average Bonchev–Trinajstić information content (AvgIpc) is 3.01. The first-order chi connectivity index (χ1) is 9.79. The molecule has 0 saturated carbocycles. The van der Waals surface area contributed by atoms with Crippen LogP contribution in [0, 0.1) is 0 Å². The standard InChI is InChI=1S/C16H19NO3/c1-19-14-9-7-13(8-10-14)5-2-3-11-17-16(18)15-6-4-12-20-15/h4,6-10,12H,2-3,5,11H2,1H3,(H,17,18). The molecule has 1 aromatic carbocycles. The summed E-state index contributed by atoms with van der Waals surface area (Å²) in [6.07, 6.45) is 4.47. The first-order valence-electron chi connectivity index (χ1n) is 6.74. The third-order valence-electron chi connectivity index (χ3n) is 3.08. The quantitative estimate of drug-likeness (QED) is 0.789. The number of nitrogens with one attached hydrogen (secondary N) is 1. The molecule has 2 aromatic rings. The van der Waals surface area contributed by atoms with Crippen molar-refractivity contribution in [2.45, 2.75) is 19.3 Å². The van der Waals surface area contributed by atoms with E-state index in [-0.39, 0.29) is 5.91 Å². The summed E-state index contributed by atoms with van der Waals surface area (Å²) < 4.78 is 10.1. The van der Waals surface area contributed by atoms with Crippen molar-refractivity contribution < 1.29 is 13.9 Å². The van der Waals surface area contributed by atoms with Gasteiger partial charge in [-0.3, -0.25) is 4.79 Å². The number of methoxy groups -OCH3 is 1. The minimum atomic E-state index is -0.153. The highest BCUT2D eigenvalue weighted by molar-refractivity contribution is 5.91. The van der Waals surface area contributed by atoms with Gasteiger partial charge in [-0.25, -0.2) is 0 Å². The summed E-state index contributed by atoms with van der Waals surface area (Å²) in [5.74, 6) is 1.08. The third-order valence-corrected chi connectivity index (χ3v) is 3.08. The Morgan fingerprint density at radius 3 is 2.65 bits per heavy atom. The van der Waals surface area contributed by atoms with E-state index in [4.69, 9.17) is 9.15 Å². The van der Waals surface area contributed by atoms with E-state index in [0.717, 1.165) is 25.0 Å². The Kier molecular flexibility index (Phi) is 5.24. The molecule has 0 aliphatic heterocycles. The highest BCUT2D eigenvalue weighted by Gasteiger charge is 2.06. The molecule has 1 heterocycles. The summed E-state index contributed by atoms with van der Waals surface area (Å²) in [6.45, 7) is 0.662. The first kappa shape index (κ1) is 14.2. The van der Waals surface area contributed by atoms with Crippen molar-refractivity contribution in [1.29, 1.82) is 0 Å². The Morgan fingerprint density at radius 1 is 1.20 bits per heavy atom. The second kappa shape index (κ2) is 7.38. The van der Waals surface area contributed by atoms with Crippen LogP contribution in [0.3, 0.4) is 0 Å². The van der Waals surface area contributed by atoms with Crippen molar-refractivity contribution in [2.24, 2.45) is 0 Å². The van der Waals surface area contributed by atoms with E-state index in [1.807, 2.05) is 12.1 Å².